The number of hydrogen-bond acceptors (Lipinski definition) is 5. The van der Waals surface area contributed by atoms with Gasteiger partial charge in [0.2, 0.25) is 15.9 Å². The molecular weight excluding hydrogens is 476 g/mol. The van der Waals surface area contributed by atoms with E-state index in [1.165, 1.54) is 22.5 Å². The normalized spacial score (nSPS) is 21.5. The molecule has 6 nitrogen and oxygen atoms in total. The molecule has 1 aliphatic carbocycles. The van der Waals surface area contributed by atoms with Crippen molar-refractivity contribution in [3.05, 3.63) is 29.8 Å². The van der Waals surface area contributed by atoms with E-state index in [1.807, 2.05) is 0 Å². The van der Waals surface area contributed by atoms with Gasteiger partial charge in [-0.1, -0.05) is 19.1 Å². The van der Waals surface area contributed by atoms with Crippen LogP contribution in [0.2, 0.25) is 0 Å². The van der Waals surface area contributed by atoms with Crippen LogP contribution in [0, 0.1) is 0 Å². The predicted octanol–water partition coefficient (Wildman–Crippen LogP) is 4.56. The average Bonchev–Trinajstić information content (AvgIpc) is 2.78. The predicted molar refractivity (Wildman–Crippen MR) is 120 cm³/mol. The number of ketones is 1. The number of rotatable bonds is 10. The maximum atomic E-state index is 14.0. The van der Waals surface area contributed by atoms with E-state index in [1.54, 1.807) is 13.0 Å². The molecule has 1 aromatic rings. The van der Waals surface area contributed by atoms with Crippen molar-refractivity contribution in [2.24, 2.45) is 0 Å². The molecular formula is C23H32F4N2O4S. The molecule has 0 spiro atoms. The van der Waals surface area contributed by atoms with E-state index < -0.39 is 33.9 Å². The molecule has 1 aliphatic heterocycles. The summed E-state index contributed by atoms with van der Waals surface area (Å²) in [7, 11) is -3.35. The fraction of sp³-hybridized carbons (Fsp3) is 0.696. The Morgan fingerprint density at radius 1 is 1.06 bits per heavy atom. The van der Waals surface area contributed by atoms with Crippen molar-refractivity contribution in [3.8, 4) is 5.75 Å². The van der Waals surface area contributed by atoms with Gasteiger partial charge in [0.1, 0.15) is 5.75 Å². The van der Waals surface area contributed by atoms with Crippen LogP contribution in [0.1, 0.15) is 62.2 Å². The molecule has 34 heavy (non-hydrogen) atoms. The summed E-state index contributed by atoms with van der Waals surface area (Å²) in [5, 5.41) is 0. The van der Waals surface area contributed by atoms with E-state index in [0.717, 1.165) is 0 Å². The van der Waals surface area contributed by atoms with Crippen LogP contribution in [-0.2, 0) is 10.0 Å². The first-order chi connectivity index (χ1) is 16.0. The fourth-order valence-electron chi connectivity index (χ4n) is 5.01. The second-order valence-electron chi connectivity index (χ2n) is 9.08. The van der Waals surface area contributed by atoms with E-state index in [2.05, 4.69) is 9.64 Å². The summed E-state index contributed by atoms with van der Waals surface area (Å²) in [4.78, 5) is 15.0. The van der Waals surface area contributed by atoms with Crippen molar-refractivity contribution >= 4 is 15.8 Å². The molecule has 0 unspecified atom stereocenters. The zero-order chi connectivity index (χ0) is 25.0. The maximum absolute atomic E-state index is 14.0. The molecule has 3 rings (SSSR count). The Hall–Kier alpha value is -1.72. The maximum Gasteiger partial charge on any atom is 0.387 e. The highest BCUT2D eigenvalue weighted by atomic mass is 32.2. The minimum atomic E-state index is -3.35. The number of alkyl halides is 4. The van der Waals surface area contributed by atoms with Crippen LogP contribution < -0.4 is 4.74 Å². The third-order valence-corrected chi connectivity index (χ3v) is 8.97. The lowest BCUT2D eigenvalue weighted by atomic mass is 9.74. The van der Waals surface area contributed by atoms with Crippen LogP contribution >= 0.6 is 0 Å². The molecule has 1 saturated heterocycles. The number of halogens is 4. The fourth-order valence-corrected chi connectivity index (χ4v) is 6.50. The number of Topliss-reactive ketones (excluding diaryl/α,β-unsaturated/α-hetero) is 1. The number of sulfonamides is 1. The average molecular weight is 509 g/mol. The number of benzene rings is 1. The van der Waals surface area contributed by atoms with E-state index in [9.17, 15) is 30.8 Å². The highest BCUT2D eigenvalue weighted by molar-refractivity contribution is 7.89. The molecule has 1 saturated carbocycles. The van der Waals surface area contributed by atoms with Gasteiger partial charge in [-0.2, -0.15) is 13.1 Å². The minimum absolute atomic E-state index is 0.0104. The SMILES string of the molecule is CCCS(=O)(=O)N1CCN(C2(CCC(=O)c3ccccc3OC(F)F)CCC(F)(F)CC2)CC1. The summed E-state index contributed by atoms with van der Waals surface area (Å²) < 4.78 is 84.2. The second kappa shape index (κ2) is 10.9. The molecule has 2 aliphatic rings. The van der Waals surface area contributed by atoms with Gasteiger partial charge in [0, 0.05) is 51.0 Å². The van der Waals surface area contributed by atoms with Crippen molar-refractivity contribution < 1.29 is 35.5 Å². The number of para-hydroxylation sites is 1. The summed E-state index contributed by atoms with van der Waals surface area (Å²) in [5.41, 5.74) is -0.634. The molecule has 0 amide bonds. The number of nitrogens with zero attached hydrogens (tertiary/aromatic N) is 2. The van der Waals surface area contributed by atoms with Crippen molar-refractivity contribution in [2.45, 2.75) is 69.9 Å². The molecule has 0 bridgehead atoms. The quantitative estimate of drug-likeness (QED) is 0.343. The van der Waals surface area contributed by atoms with Gasteiger partial charge in [0.15, 0.2) is 5.78 Å². The molecule has 0 aromatic heterocycles. The summed E-state index contributed by atoms with van der Waals surface area (Å²) in [6.45, 7) is 0.0775. The van der Waals surface area contributed by atoms with Crippen LogP contribution in [0.4, 0.5) is 17.6 Å². The minimum Gasteiger partial charge on any atom is -0.434 e. The van der Waals surface area contributed by atoms with Gasteiger partial charge in [-0.3, -0.25) is 9.69 Å². The number of carbonyl (C=O) groups is 1. The van der Waals surface area contributed by atoms with Gasteiger partial charge < -0.3 is 4.74 Å². The lowest BCUT2D eigenvalue weighted by Crippen LogP contribution is -2.60. The summed E-state index contributed by atoms with van der Waals surface area (Å²) >= 11 is 0. The van der Waals surface area contributed by atoms with Crippen LogP contribution in [0.15, 0.2) is 24.3 Å². The van der Waals surface area contributed by atoms with Gasteiger partial charge in [-0.25, -0.2) is 17.2 Å². The largest absolute Gasteiger partial charge is 0.434 e. The molecule has 192 valence electrons. The first kappa shape index (κ1) is 26.9. The lowest BCUT2D eigenvalue weighted by molar-refractivity contribution is -0.0891. The van der Waals surface area contributed by atoms with E-state index in [-0.39, 0.29) is 68.7 Å². The van der Waals surface area contributed by atoms with Gasteiger partial charge in [0.05, 0.1) is 11.3 Å². The van der Waals surface area contributed by atoms with Crippen LogP contribution in [0.3, 0.4) is 0 Å². The number of piperazine rings is 1. The molecule has 1 heterocycles. The standard InChI is InChI=1S/C23H32F4N2O4S/c1-2-17-34(31,32)29-15-13-28(14-16-29)22(9-11-23(26,27)12-10-22)8-7-19(30)18-5-3-4-6-20(18)33-21(24)25/h3-6,21H,2,7-17H2,1H3. The highest BCUT2D eigenvalue weighted by Gasteiger charge is 2.47. The highest BCUT2D eigenvalue weighted by Crippen LogP contribution is 2.44. The van der Waals surface area contributed by atoms with Crippen molar-refractivity contribution in [3.63, 3.8) is 0 Å². The lowest BCUT2D eigenvalue weighted by Gasteiger charge is -2.51. The summed E-state index contributed by atoms with van der Waals surface area (Å²) in [6.07, 6.45) is 0.548. The van der Waals surface area contributed by atoms with Gasteiger partial charge in [-0.15, -0.1) is 0 Å². The van der Waals surface area contributed by atoms with Gasteiger partial charge in [-0.05, 0) is 37.8 Å². The Bertz CT molecular complexity index is 940. The Labute approximate surface area is 198 Å². The monoisotopic (exact) mass is 508 g/mol. The third kappa shape index (κ3) is 6.48. The molecule has 1 aromatic carbocycles. The molecule has 0 radical (unpaired) electrons. The van der Waals surface area contributed by atoms with E-state index in [0.29, 0.717) is 19.5 Å². The van der Waals surface area contributed by atoms with Crippen molar-refractivity contribution in [1.29, 1.82) is 0 Å². The van der Waals surface area contributed by atoms with Crippen molar-refractivity contribution in [1.82, 2.24) is 9.21 Å². The van der Waals surface area contributed by atoms with Gasteiger partial charge >= 0.3 is 6.61 Å². The van der Waals surface area contributed by atoms with E-state index in [4.69, 9.17) is 0 Å². The Morgan fingerprint density at radius 3 is 2.26 bits per heavy atom. The molecule has 0 N–H and O–H groups in total. The second-order valence-corrected chi connectivity index (χ2v) is 11.2. The number of ether oxygens (including phenoxy) is 1. The number of hydrogen-bond donors (Lipinski definition) is 0. The summed E-state index contributed by atoms with van der Waals surface area (Å²) in [5.74, 6) is -3.30. The Morgan fingerprint density at radius 2 is 1.68 bits per heavy atom. The molecule has 2 fully saturated rings. The topological polar surface area (TPSA) is 66.9 Å². The molecule has 0 atom stereocenters. The smallest absolute Gasteiger partial charge is 0.387 e. The molecule has 11 heteroatoms. The van der Waals surface area contributed by atoms with E-state index >= 15 is 0 Å². The van der Waals surface area contributed by atoms with Crippen LogP contribution in [-0.4, -0.2) is 73.4 Å². The van der Waals surface area contributed by atoms with Crippen LogP contribution in [0.25, 0.3) is 0 Å². The Kier molecular flexibility index (Phi) is 8.62. The first-order valence-corrected chi connectivity index (χ1v) is 13.3. The van der Waals surface area contributed by atoms with Crippen molar-refractivity contribution in [2.75, 3.05) is 31.9 Å². The zero-order valence-corrected chi connectivity index (χ0v) is 20.1. The Balaban J connectivity index is 1.73. The summed E-state index contributed by atoms with van der Waals surface area (Å²) in [6, 6.07) is 5.76. The van der Waals surface area contributed by atoms with Gasteiger partial charge in [0.25, 0.3) is 0 Å². The first-order valence-electron chi connectivity index (χ1n) is 11.7. The number of carbonyl (C=O) groups excluding carboxylic acids is 1. The van der Waals surface area contributed by atoms with Crippen LogP contribution in [0.5, 0.6) is 5.75 Å². The zero-order valence-electron chi connectivity index (χ0n) is 19.3. The third-order valence-electron chi connectivity index (χ3n) is 6.90.